The van der Waals surface area contributed by atoms with Crippen LogP contribution in [0.5, 0.6) is 0 Å². The number of aliphatic hydroxyl groups is 1. The number of halogens is 1. The summed E-state index contributed by atoms with van der Waals surface area (Å²) in [7, 11) is 0. The van der Waals surface area contributed by atoms with Gasteiger partial charge in [-0.2, -0.15) is 0 Å². The third-order valence-corrected chi connectivity index (χ3v) is 4.44. The normalized spacial score (nSPS) is 12.6. The molecule has 0 spiro atoms. The zero-order valence-corrected chi connectivity index (χ0v) is 14.4. The summed E-state index contributed by atoms with van der Waals surface area (Å²) in [5.41, 5.74) is 3.37. The van der Waals surface area contributed by atoms with Crippen molar-refractivity contribution < 1.29 is 9.52 Å². The molecule has 0 fully saturated rings. The molecule has 1 unspecified atom stereocenters. The van der Waals surface area contributed by atoms with Gasteiger partial charge in [0.2, 0.25) is 0 Å². The van der Waals surface area contributed by atoms with Crippen LogP contribution < -0.4 is 5.32 Å². The monoisotopic (exact) mass is 373 g/mol. The number of hydrogen-bond acceptors (Lipinski definition) is 3. The zero-order valence-electron chi connectivity index (χ0n) is 12.8. The summed E-state index contributed by atoms with van der Waals surface area (Å²) in [6.45, 7) is 1.75. The molecule has 0 aliphatic heterocycles. The van der Waals surface area contributed by atoms with Gasteiger partial charge < -0.3 is 14.8 Å². The molecule has 0 aliphatic rings. The van der Waals surface area contributed by atoms with E-state index in [4.69, 9.17) is 4.42 Å². The van der Waals surface area contributed by atoms with Crippen molar-refractivity contribution >= 4 is 26.9 Å². The minimum Gasteiger partial charge on any atom is -0.464 e. The van der Waals surface area contributed by atoms with Gasteiger partial charge in [-0.1, -0.05) is 34.1 Å². The van der Waals surface area contributed by atoms with Crippen molar-refractivity contribution in [2.45, 2.75) is 13.0 Å². The van der Waals surface area contributed by atoms with Crippen molar-refractivity contribution in [3.8, 4) is 0 Å². The Kier molecular flexibility index (Phi) is 5.49. The number of benzene rings is 2. The summed E-state index contributed by atoms with van der Waals surface area (Å²) < 4.78 is 6.43. The van der Waals surface area contributed by atoms with Crippen LogP contribution in [0.1, 0.15) is 11.1 Å². The molecular weight excluding hydrogens is 354 g/mol. The Balaban J connectivity index is 1.53. The molecule has 23 heavy (non-hydrogen) atoms. The number of furan rings is 1. The van der Waals surface area contributed by atoms with Crippen molar-refractivity contribution in [2.24, 2.45) is 5.92 Å². The van der Waals surface area contributed by atoms with E-state index in [-0.39, 0.29) is 12.5 Å². The molecule has 1 atom stereocenters. The van der Waals surface area contributed by atoms with Gasteiger partial charge in [-0.15, -0.1) is 0 Å². The second kappa shape index (κ2) is 7.77. The molecule has 2 N–H and O–H groups in total. The summed E-state index contributed by atoms with van der Waals surface area (Å²) in [4.78, 5) is 0. The van der Waals surface area contributed by atoms with Gasteiger partial charge in [0.1, 0.15) is 5.58 Å². The first-order valence-corrected chi connectivity index (χ1v) is 8.56. The first-order chi connectivity index (χ1) is 11.2. The molecule has 2 aromatic carbocycles. The van der Waals surface area contributed by atoms with Crippen LogP contribution in [0.2, 0.25) is 0 Å². The minimum atomic E-state index is 0.181. The third kappa shape index (κ3) is 4.44. The predicted octanol–water partition coefficient (Wildman–Crippen LogP) is 4.14. The van der Waals surface area contributed by atoms with Crippen LogP contribution in [0.15, 0.2) is 63.7 Å². The summed E-state index contributed by atoms with van der Waals surface area (Å²) in [5, 5.41) is 14.2. The van der Waals surface area contributed by atoms with Crippen LogP contribution in [-0.4, -0.2) is 18.3 Å². The maximum Gasteiger partial charge on any atom is 0.133 e. The van der Waals surface area contributed by atoms with Crippen molar-refractivity contribution in [3.05, 3.63) is 70.4 Å². The highest BCUT2D eigenvalue weighted by Gasteiger charge is 2.09. The van der Waals surface area contributed by atoms with Crippen LogP contribution in [0.3, 0.4) is 0 Å². The zero-order chi connectivity index (χ0) is 16.1. The number of nitrogens with one attached hydrogen (secondary N) is 1. The van der Waals surface area contributed by atoms with E-state index >= 15 is 0 Å². The third-order valence-electron chi connectivity index (χ3n) is 3.95. The van der Waals surface area contributed by atoms with Gasteiger partial charge in [0.25, 0.3) is 0 Å². The molecule has 3 nitrogen and oxygen atoms in total. The average Bonchev–Trinajstić information content (AvgIpc) is 3.01. The average molecular weight is 374 g/mol. The van der Waals surface area contributed by atoms with Gasteiger partial charge in [0, 0.05) is 29.6 Å². The first kappa shape index (κ1) is 16.2. The Bertz CT molecular complexity index is 769. The second-order valence-corrected chi connectivity index (χ2v) is 6.72. The van der Waals surface area contributed by atoms with Crippen molar-refractivity contribution in [2.75, 3.05) is 13.2 Å². The van der Waals surface area contributed by atoms with E-state index in [0.717, 1.165) is 35.0 Å². The van der Waals surface area contributed by atoms with E-state index in [1.54, 1.807) is 6.26 Å². The number of fused-ring (bicyclic) bond motifs is 1. The van der Waals surface area contributed by atoms with Gasteiger partial charge in [-0.25, -0.2) is 0 Å². The summed E-state index contributed by atoms with van der Waals surface area (Å²) in [6.07, 6.45) is 2.57. The van der Waals surface area contributed by atoms with E-state index in [1.165, 1.54) is 11.1 Å². The van der Waals surface area contributed by atoms with E-state index in [0.29, 0.717) is 0 Å². The summed E-state index contributed by atoms with van der Waals surface area (Å²) in [5.74, 6) is 0.210. The fraction of sp³-hybridized carbons (Fsp3) is 0.263. The van der Waals surface area contributed by atoms with Gasteiger partial charge >= 0.3 is 0 Å². The molecule has 1 aromatic heterocycles. The van der Waals surface area contributed by atoms with Crippen molar-refractivity contribution in [1.29, 1.82) is 0 Å². The largest absolute Gasteiger partial charge is 0.464 e. The van der Waals surface area contributed by atoms with Crippen LogP contribution in [0.25, 0.3) is 11.0 Å². The van der Waals surface area contributed by atoms with Gasteiger partial charge in [0.05, 0.1) is 6.26 Å². The molecule has 0 saturated heterocycles. The fourth-order valence-corrected chi connectivity index (χ4v) is 3.19. The molecule has 0 aliphatic carbocycles. The lowest BCUT2D eigenvalue weighted by molar-refractivity contribution is 0.221. The molecule has 4 heteroatoms. The highest BCUT2D eigenvalue weighted by molar-refractivity contribution is 9.10. The number of hydrogen-bond donors (Lipinski definition) is 2. The lowest BCUT2D eigenvalue weighted by atomic mass is 10.00. The van der Waals surface area contributed by atoms with Crippen molar-refractivity contribution in [3.63, 3.8) is 0 Å². The molecular formula is C19H20BrNO2. The maximum absolute atomic E-state index is 9.60. The molecule has 3 aromatic rings. The Morgan fingerprint density at radius 1 is 1.09 bits per heavy atom. The van der Waals surface area contributed by atoms with Crippen LogP contribution in [0, 0.1) is 5.92 Å². The Morgan fingerprint density at radius 2 is 2.00 bits per heavy atom. The minimum absolute atomic E-state index is 0.181. The van der Waals surface area contributed by atoms with Gasteiger partial charge in [-0.3, -0.25) is 0 Å². The highest BCUT2D eigenvalue weighted by Crippen LogP contribution is 2.17. The van der Waals surface area contributed by atoms with Crippen LogP contribution in [0.4, 0.5) is 0 Å². The molecule has 0 amide bonds. The number of aliphatic hydroxyl groups excluding tert-OH is 1. The molecule has 1 heterocycles. The lowest BCUT2D eigenvalue weighted by Gasteiger charge is -2.15. The first-order valence-electron chi connectivity index (χ1n) is 7.77. The smallest absolute Gasteiger partial charge is 0.133 e. The standard InChI is InChI=1S/C19H20BrNO2/c20-18-3-1-2-14(10-18)8-16(13-22)12-21-11-15-4-5-19-17(9-15)6-7-23-19/h1-7,9-10,16,21-22H,8,11-13H2. The van der Waals surface area contributed by atoms with Crippen molar-refractivity contribution in [1.82, 2.24) is 5.32 Å². The molecule has 120 valence electrons. The highest BCUT2D eigenvalue weighted by atomic mass is 79.9. The Hall–Kier alpha value is -1.62. The van der Waals surface area contributed by atoms with E-state index in [9.17, 15) is 5.11 Å². The van der Waals surface area contributed by atoms with Crippen LogP contribution >= 0.6 is 15.9 Å². The fourth-order valence-electron chi connectivity index (χ4n) is 2.75. The van der Waals surface area contributed by atoms with E-state index in [1.807, 2.05) is 24.3 Å². The number of rotatable bonds is 7. The van der Waals surface area contributed by atoms with Gasteiger partial charge in [-0.05, 0) is 53.8 Å². The van der Waals surface area contributed by atoms with E-state index in [2.05, 4.69) is 45.5 Å². The maximum atomic E-state index is 9.60. The van der Waals surface area contributed by atoms with Crippen LogP contribution in [-0.2, 0) is 13.0 Å². The molecule has 0 saturated carbocycles. The molecule has 0 radical (unpaired) electrons. The predicted molar refractivity (Wildman–Crippen MR) is 96.3 cm³/mol. The molecule has 3 rings (SSSR count). The van der Waals surface area contributed by atoms with E-state index < -0.39 is 0 Å². The summed E-state index contributed by atoms with van der Waals surface area (Å²) >= 11 is 3.49. The Labute approximate surface area is 144 Å². The Morgan fingerprint density at radius 3 is 2.83 bits per heavy atom. The quantitative estimate of drug-likeness (QED) is 0.654. The second-order valence-electron chi connectivity index (χ2n) is 5.81. The SMILES string of the molecule is OCC(CNCc1ccc2occc2c1)Cc1cccc(Br)c1. The topological polar surface area (TPSA) is 45.4 Å². The molecule has 0 bridgehead atoms. The van der Waals surface area contributed by atoms with Gasteiger partial charge in [0.15, 0.2) is 0 Å². The lowest BCUT2D eigenvalue weighted by Crippen LogP contribution is -2.26. The summed E-state index contributed by atoms with van der Waals surface area (Å²) in [6, 6.07) is 16.4.